The molecule has 0 spiro atoms. The molecule has 0 bridgehead atoms. The van der Waals surface area contributed by atoms with Crippen molar-refractivity contribution in [3.8, 4) is 0 Å². The van der Waals surface area contributed by atoms with Gasteiger partial charge in [-0.1, -0.05) is 19.3 Å². The van der Waals surface area contributed by atoms with Gasteiger partial charge in [0.05, 0.1) is 6.42 Å². The molecular formula is C15H26N4O. The van der Waals surface area contributed by atoms with Gasteiger partial charge in [-0.05, 0) is 33.7 Å². The van der Waals surface area contributed by atoms with Crippen molar-refractivity contribution >= 4 is 5.78 Å². The number of hydrogen-bond donors (Lipinski definition) is 1. The topological polar surface area (TPSA) is 59.8 Å². The van der Waals surface area contributed by atoms with Crippen LogP contribution >= 0.6 is 0 Å². The highest BCUT2D eigenvalue weighted by Crippen LogP contribution is 2.31. The van der Waals surface area contributed by atoms with Crippen molar-refractivity contribution in [2.24, 2.45) is 0 Å². The number of carbonyl (C=O) groups is 1. The van der Waals surface area contributed by atoms with Crippen LogP contribution in [-0.2, 0) is 11.2 Å². The SMILES string of the molecule is CNC1(CC(=O)Cc2ncnn2C(C)C)CCCCC1. The number of hydrogen-bond acceptors (Lipinski definition) is 4. The van der Waals surface area contributed by atoms with E-state index in [1.807, 2.05) is 11.7 Å². The van der Waals surface area contributed by atoms with E-state index in [4.69, 9.17) is 0 Å². The minimum Gasteiger partial charge on any atom is -0.314 e. The molecule has 0 unspecified atom stereocenters. The first-order chi connectivity index (χ1) is 9.56. The second-order valence-corrected chi connectivity index (χ2v) is 6.20. The van der Waals surface area contributed by atoms with Crippen molar-refractivity contribution in [1.82, 2.24) is 20.1 Å². The summed E-state index contributed by atoms with van der Waals surface area (Å²) in [6.07, 6.45) is 8.47. The zero-order valence-electron chi connectivity index (χ0n) is 12.9. The molecule has 20 heavy (non-hydrogen) atoms. The van der Waals surface area contributed by atoms with E-state index in [2.05, 4.69) is 29.2 Å². The lowest BCUT2D eigenvalue weighted by Crippen LogP contribution is -2.46. The van der Waals surface area contributed by atoms with E-state index in [0.29, 0.717) is 12.8 Å². The molecular weight excluding hydrogens is 252 g/mol. The van der Waals surface area contributed by atoms with Crippen LogP contribution in [-0.4, -0.2) is 33.1 Å². The maximum absolute atomic E-state index is 12.4. The number of ketones is 1. The summed E-state index contributed by atoms with van der Waals surface area (Å²) in [5.74, 6) is 1.04. The third-order valence-electron chi connectivity index (χ3n) is 4.37. The third kappa shape index (κ3) is 3.45. The second kappa shape index (κ2) is 6.48. The quantitative estimate of drug-likeness (QED) is 0.867. The van der Waals surface area contributed by atoms with Gasteiger partial charge in [0.2, 0.25) is 0 Å². The average molecular weight is 278 g/mol. The van der Waals surface area contributed by atoms with Gasteiger partial charge in [0.25, 0.3) is 0 Å². The van der Waals surface area contributed by atoms with Crippen molar-refractivity contribution in [1.29, 1.82) is 0 Å². The number of Topliss-reactive ketones (excluding diaryl/α,β-unsaturated/α-hetero) is 1. The molecule has 5 nitrogen and oxygen atoms in total. The highest BCUT2D eigenvalue weighted by molar-refractivity contribution is 5.81. The number of aromatic nitrogens is 3. The smallest absolute Gasteiger partial charge is 0.142 e. The van der Waals surface area contributed by atoms with Crippen molar-refractivity contribution in [2.75, 3.05) is 7.05 Å². The Balaban J connectivity index is 1.99. The zero-order chi connectivity index (χ0) is 14.6. The van der Waals surface area contributed by atoms with Gasteiger partial charge in [0.1, 0.15) is 17.9 Å². The van der Waals surface area contributed by atoms with Crippen molar-refractivity contribution < 1.29 is 4.79 Å². The largest absolute Gasteiger partial charge is 0.314 e. The van der Waals surface area contributed by atoms with Crippen LogP contribution in [0.1, 0.15) is 64.2 Å². The van der Waals surface area contributed by atoms with Crippen LogP contribution in [0.5, 0.6) is 0 Å². The molecule has 1 saturated carbocycles. The fourth-order valence-corrected chi connectivity index (χ4v) is 3.19. The van der Waals surface area contributed by atoms with Crippen LogP contribution in [0.3, 0.4) is 0 Å². The molecule has 0 aromatic carbocycles. The Morgan fingerprint density at radius 1 is 1.40 bits per heavy atom. The summed E-state index contributed by atoms with van der Waals surface area (Å²) in [6.45, 7) is 4.11. The van der Waals surface area contributed by atoms with Crippen LogP contribution in [0, 0.1) is 0 Å². The number of nitrogens with zero attached hydrogens (tertiary/aromatic N) is 3. The van der Waals surface area contributed by atoms with Crippen LogP contribution in [0.15, 0.2) is 6.33 Å². The van der Waals surface area contributed by atoms with Crippen molar-refractivity contribution in [3.05, 3.63) is 12.2 Å². The van der Waals surface area contributed by atoms with E-state index < -0.39 is 0 Å². The lowest BCUT2D eigenvalue weighted by Gasteiger charge is -2.36. The van der Waals surface area contributed by atoms with E-state index >= 15 is 0 Å². The Kier molecular flexibility index (Phi) is 4.91. The monoisotopic (exact) mass is 278 g/mol. The van der Waals surface area contributed by atoms with Gasteiger partial charge >= 0.3 is 0 Å². The maximum atomic E-state index is 12.4. The Morgan fingerprint density at radius 3 is 2.70 bits per heavy atom. The summed E-state index contributed by atoms with van der Waals surface area (Å²) in [7, 11) is 1.98. The molecule has 5 heteroatoms. The molecule has 1 heterocycles. The Hall–Kier alpha value is -1.23. The van der Waals surface area contributed by atoms with E-state index in [9.17, 15) is 4.79 Å². The molecule has 1 aliphatic rings. The lowest BCUT2D eigenvalue weighted by molar-refractivity contribution is -0.120. The lowest BCUT2D eigenvalue weighted by atomic mass is 9.78. The third-order valence-corrected chi connectivity index (χ3v) is 4.37. The summed E-state index contributed by atoms with van der Waals surface area (Å²) in [6, 6.07) is 0.244. The molecule has 1 aromatic heterocycles. The number of nitrogens with one attached hydrogen (secondary N) is 1. The zero-order valence-corrected chi connectivity index (χ0v) is 12.9. The molecule has 2 rings (SSSR count). The summed E-state index contributed by atoms with van der Waals surface area (Å²) >= 11 is 0. The standard InChI is InChI=1S/C15H26N4O/c1-12(2)19-14(17-11-18-19)9-13(20)10-15(16-3)7-5-4-6-8-15/h11-12,16H,4-10H2,1-3H3. The van der Waals surface area contributed by atoms with E-state index in [0.717, 1.165) is 18.7 Å². The highest BCUT2D eigenvalue weighted by atomic mass is 16.1. The molecule has 1 aromatic rings. The van der Waals surface area contributed by atoms with Gasteiger partial charge in [-0.15, -0.1) is 0 Å². The van der Waals surface area contributed by atoms with Gasteiger partial charge in [-0.2, -0.15) is 5.10 Å². The molecule has 0 aliphatic heterocycles. The number of carbonyl (C=O) groups excluding carboxylic acids is 1. The van der Waals surface area contributed by atoms with Crippen molar-refractivity contribution in [3.63, 3.8) is 0 Å². The molecule has 0 atom stereocenters. The predicted octanol–water partition coefficient (Wildman–Crippen LogP) is 2.28. The normalized spacial score (nSPS) is 18.4. The fraction of sp³-hybridized carbons (Fsp3) is 0.800. The number of rotatable bonds is 6. The van der Waals surface area contributed by atoms with Gasteiger partial charge in [-0.3, -0.25) is 4.79 Å². The van der Waals surface area contributed by atoms with Gasteiger partial charge in [-0.25, -0.2) is 9.67 Å². The van der Waals surface area contributed by atoms with Gasteiger partial charge in [0.15, 0.2) is 0 Å². The summed E-state index contributed by atoms with van der Waals surface area (Å²) in [5.41, 5.74) is 0.0119. The minimum absolute atomic E-state index is 0.0119. The van der Waals surface area contributed by atoms with Crippen LogP contribution in [0.4, 0.5) is 0 Å². The van der Waals surface area contributed by atoms with E-state index in [-0.39, 0.29) is 17.4 Å². The maximum Gasteiger partial charge on any atom is 0.142 e. The Morgan fingerprint density at radius 2 is 2.10 bits per heavy atom. The highest BCUT2D eigenvalue weighted by Gasteiger charge is 2.32. The Bertz CT molecular complexity index is 446. The summed E-state index contributed by atoms with van der Waals surface area (Å²) < 4.78 is 1.84. The summed E-state index contributed by atoms with van der Waals surface area (Å²) in [4.78, 5) is 16.6. The molecule has 1 fully saturated rings. The average Bonchev–Trinajstić information content (AvgIpc) is 2.88. The molecule has 0 amide bonds. The van der Waals surface area contributed by atoms with Gasteiger partial charge in [0, 0.05) is 18.0 Å². The molecule has 1 aliphatic carbocycles. The predicted molar refractivity (Wildman–Crippen MR) is 78.6 cm³/mol. The first-order valence-corrected chi connectivity index (χ1v) is 7.65. The van der Waals surface area contributed by atoms with Crippen LogP contribution in [0.2, 0.25) is 0 Å². The first kappa shape index (κ1) is 15.2. The van der Waals surface area contributed by atoms with Crippen LogP contribution < -0.4 is 5.32 Å². The molecule has 1 N–H and O–H groups in total. The second-order valence-electron chi connectivity index (χ2n) is 6.20. The Labute approximate surface area is 121 Å². The van der Waals surface area contributed by atoms with Gasteiger partial charge < -0.3 is 5.32 Å². The molecule has 112 valence electrons. The summed E-state index contributed by atoms with van der Waals surface area (Å²) in [5, 5.41) is 7.59. The van der Waals surface area contributed by atoms with E-state index in [1.165, 1.54) is 25.6 Å². The minimum atomic E-state index is 0.0119. The molecule has 0 radical (unpaired) electrons. The molecule has 0 saturated heterocycles. The fourth-order valence-electron chi connectivity index (χ4n) is 3.19. The van der Waals surface area contributed by atoms with Crippen molar-refractivity contribution in [2.45, 2.75) is 70.4 Å². The van der Waals surface area contributed by atoms with E-state index in [1.54, 1.807) is 0 Å². The van der Waals surface area contributed by atoms with Crippen LogP contribution in [0.25, 0.3) is 0 Å². The first-order valence-electron chi connectivity index (χ1n) is 7.65.